The lowest BCUT2D eigenvalue weighted by Gasteiger charge is -2.12. The number of rotatable bonds is 12. The van der Waals surface area contributed by atoms with Crippen LogP contribution in [0.4, 0.5) is 0 Å². The van der Waals surface area contributed by atoms with Gasteiger partial charge in [-0.25, -0.2) is 0 Å². The highest BCUT2D eigenvalue weighted by Crippen LogP contribution is 2.18. The maximum atomic E-state index is 12.3. The van der Waals surface area contributed by atoms with Gasteiger partial charge in [0.25, 0.3) is 11.8 Å². The monoisotopic (exact) mass is 482 g/mol. The molecule has 2 N–H and O–H groups in total. The Bertz CT molecular complexity index is 858. The van der Waals surface area contributed by atoms with Crippen molar-refractivity contribution >= 4 is 11.8 Å². The number of nitrogens with one attached hydrogen (secondary N) is 2. The van der Waals surface area contributed by atoms with Crippen molar-refractivity contribution in [2.45, 2.75) is 44.3 Å². The first kappa shape index (κ1) is 25.0. The zero-order chi connectivity index (χ0) is 24.3. The molecular formula is C27H34N2O6. The molecule has 2 saturated heterocycles. The predicted molar refractivity (Wildman–Crippen MR) is 131 cm³/mol. The molecule has 188 valence electrons. The van der Waals surface area contributed by atoms with E-state index in [0.717, 1.165) is 50.4 Å². The summed E-state index contributed by atoms with van der Waals surface area (Å²) >= 11 is 0. The van der Waals surface area contributed by atoms with Gasteiger partial charge in [-0.2, -0.15) is 0 Å². The molecule has 2 atom stereocenters. The molecule has 8 nitrogen and oxygen atoms in total. The van der Waals surface area contributed by atoms with Crippen molar-refractivity contribution in [1.82, 2.24) is 10.6 Å². The largest absolute Gasteiger partial charge is 0.491 e. The SMILES string of the molecule is O=C(NCCCNC(=O)c1ccc(OCC2CCCO2)cc1)c1ccc(OCC2CCCO2)cc1. The molecule has 2 unspecified atom stereocenters. The van der Waals surface area contributed by atoms with Gasteiger partial charge >= 0.3 is 0 Å². The predicted octanol–water partition coefficient (Wildman–Crippen LogP) is 3.35. The standard InChI is InChI=1S/C27H34N2O6/c30-26(20-6-10-22(11-7-20)34-18-24-4-1-16-32-24)28-14-3-15-29-27(31)21-8-12-23(13-9-21)35-19-25-5-2-17-33-25/h6-13,24-25H,1-5,14-19H2,(H,28,30)(H,29,31). The van der Waals surface area contributed by atoms with Crippen molar-refractivity contribution in [2.24, 2.45) is 0 Å². The highest BCUT2D eigenvalue weighted by molar-refractivity contribution is 5.94. The van der Waals surface area contributed by atoms with Crippen LogP contribution in [-0.4, -0.2) is 63.5 Å². The maximum absolute atomic E-state index is 12.3. The molecule has 0 spiro atoms. The fourth-order valence-corrected chi connectivity index (χ4v) is 4.03. The van der Waals surface area contributed by atoms with E-state index >= 15 is 0 Å². The van der Waals surface area contributed by atoms with Gasteiger partial charge in [0.1, 0.15) is 24.7 Å². The van der Waals surface area contributed by atoms with Gasteiger partial charge < -0.3 is 29.6 Å². The van der Waals surface area contributed by atoms with Crippen molar-refractivity contribution < 1.29 is 28.5 Å². The molecule has 0 saturated carbocycles. The second-order valence-electron chi connectivity index (χ2n) is 8.81. The number of amides is 2. The normalized spacial score (nSPS) is 19.3. The Balaban J connectivity index is 1.09. The summed E-state index contributed by atoms with van der Waals surface area (Å²) in [6, 6.07) is 14.2. The number of carbonyl (C=O) groups excluding carboxylic acids is 2. The van der Waals surface area contributed by atoms with Gasteiger partial charge in [-0.15, -0.1) is 0 Å². The van der Waals surface area contributed by atoms with E-state index in [0.29, 0.717) is 43.9 Å². The number of carbonyl (C=O) groups is 2. The minimum atomic E-state index is -0.152. The van der Waals surface area contributed by atoms with Crippen molar-refractivity contribution in [2.75, 3.05) is 39.5 Å². The third kappa shape index (κ3) is 7.97. The average Bonchev–Trinajstić information content (AvgIpc) is 3.61. The fourth-order valence-electron chi connectivity index (χ4n) is 4.03. The van der Waals surface area contributed by atoms with E-state index in [1.54, 1.807) is 48.5 Å². The van der Waals surface area contributed by atoms with E-state index in [2.05, 4.69) is 10.6 Å². The maximum Gasteiger partial charge on any atom is 0.251 e. The Morgan fingerprint density at radius 2 is 1.14 bits per heavy atom. The molecular weight excluding hydrogens is 448 g/mol. The lowest BCUT2D eigenvalue weighted by Crippen LogP contribution is -2.29. The summed E-state index contributed by atoms with van der Waals surface area (Å²) in [5, 5.41) is 5.75. The highest BCUT2D eigenvalue weighted by atomic mass is 16.5. The van der Waals surface area contributed by atoms with Crippen LogP contribution in [0.2, 0.25) is 0 Å². The van der Waals surface area contributed by atoms with Crippen LogP contribution in [0.5, 0.6) is 11.5 Å². The quantitative estimate of drug-likeness (QED) is 0.451. The first-order valence-corrected chi connectivity index (χ1v) is 12.4. The summed E-state index contributed by atoms with van der Waals surface area (Å²) in [4.78, 5) is 24.7. The lowest BCUT2D eigenvalue weighted by molar-refractivity contribution is 0.0679. The highest BCUT2D eigenvalue weighted by Gasteiger charge is 2.17. The van der Waals surface area contributed by atoms with Gasteiger partial charge in [-0.05, 0) is 80.6 Å². The second kappa shape index (κ2) is 13.1. The number of benzene rings is 2. The summed E-state index contributed by atoms with van der Waals surface area (Å²) in [6.45, 7) is 3.60. The summed E-state index contributed by atoms with van der Waals surface area (Å²) in [7, 11) is 0. The van der Waals surface area contributed by atoms with Crippen LogP contribution in [0, 0.1) is 0 Å². The molecule has 35 heavy (non-hydrogen) atoms. The molecule has 0 aliphatic carbocycles. The lowest BCUT2D eigenvalue weighted by atomic mass is 10.2. The topological polar surface area (TPSA) is 95.1 Å². The van der Waals surface area contributed by atoms with Gasteiger partial charge in [0.2, 0.25) is 0 Å². The molecule has 2 heterocycles. The third-order valence-electron chi connectivity index (χ3n) is 6.08. The van der Waals surface area contributed by atoms with Gasteiger partial charge in [0.15, 0.2) is 0 Å². The summed E-state index contributed by atoms with van der Waals surface area (Å²) in [6.07, 6.45) is 5.16. The van der Waals surface area contributed by atoms with Crippen LogP contribution in [0.25, 0.3) is 0 Å². The van der Waals surface area contributed by atoms with Gasteiger partial charge in [0, 0.05) is 37.4 Å². The zero-order valence-corrected chi connectivity index (χ0v) is 20.0. The van der Waals surface area contributed by atoms with Crippen molar-refractivity contribution in [3.05, 3.63) is 59.7 Å². The van der Waals surface area contributed by atoms with E-state index < -0.39 is 0 Å². The van der Waals surface area contributed by atoms with Crippen LogP contribution in [0.3, 0.4) is 0 Å². The molecule has 8 heteroatoms. The van der Waals surface area contributed by atoms with Crippen molar-refractivity contribution in [1.29, 1.82) is 0 Å². The zero-order valence-electron chi connectivity index (χ0n) is 20.0. The smallest absolute Gasteiger partial charge is 0.251 e. The summed E-state index contributed by atoms with van der Waals surface area (Å²) in [5.74, 6) is 1.14. The van der Waals surface area contributed by atoms with Crippen molar-refractivity contribution in [3.63, 3.8) is 0 Å². The van der Waals surface area contributed by atoms with Gasteiger partial charge in [-0.1, -0.05) is 0 Å². The molecule has 2 aliphatic rings. The average molecular weight is 483 g/mol. The molecule has 2 aliphatic heterocycles. The second-order valence-corrected chi connectivity index (χ2v) is 8.81. The van der Waals surface area contributed by atoms with Crippen LogP contribution in [0.15, 0.2) is 48.5 Å². The van der Waals surface area contributed by atoms with Crippen LogP contribution < -0.4 is 20.1 Å². The Morgan fingerprint density at radius 1 is 0.714 bits per heavy atom. The molecule has 0 radical (unpaired) electrons. The van der Waals surface area contributed by atoms with E-state index in [-0.39, 0.29) is 24.0 Å². The Morgan fingerprint density at radius 3 is 1.51 bits per heavy atom. The van der Waals surface area contributed by atoms with Gasteiger partial charge in [-0.3, -0.25) is 9.59 Å². The third-order valence-corrected chi connectivity index (χ3v) is 6.08. The number of ether oxygens (including phenoxy) is 4. The Kier molecular flexibility index (Phi) is 9.37. The first-order valence-electron chi connectivity index (χ1n) is 12.4. The molecule has 2 amide bonds. The van der Waals surface area contributed by atoms with E-state index in [4.69, 9.17) is 18.9 Å². The number of hydrogen-bond acceptors (Lipinski definition) is 6. The van der Waals surface area contributed by atoms with Crippen LogP contribution >= 0.6 is 0 Å². The number of hydrogen-bond donors (Lipinski definition) is 2. The van der Waals surface area contributed by atoms with E-state index in [9.17, 15) is 9.59 Å². The molecule has 2 fully saturated rings. The summed E-state index contributed by atoms with van der Waals surface area (Å²) < 4.78 is 22.5. The van der Waals surface area contributed by atoms with E-state index in [1.807, 2.05) is 0 Å². The first-order chi connectivity index (χ1) is 17.2. The minimum Gasteiger partial charge on any atom is -0.491 e. The fraction of sp³-hybridized carbons (Fsp3) is 0.481. The van der Waals surface area contributed by atoms with E-state index in [1.165, 1.54) is 0 Å². The Labute approximate surface area is 206 Å². The van der Waals surface area contributed by atoms with Crippen LogP contribution in [0.1, 0.15) is 52.8 Å². The van der Waals surface area contributed by atoms with Gasteiger partial charge in [0.05, 0.1) is 12.2 Å². The van der Waals surface area contributed by atoms with Crippen LogP contribution in [-0.2, 0) is 9.47 Å². The molecule has 2 aromatic rings. The molecule has 0 aromatic heterocycles. The molecule has 0 bridgehead atoms. The molecule has 4 rings (SSSR count). The molecule has 2 aromatic carbocycles. The Hall–Kier alpha value is -3.10. The minimum absolute atomic E-state index is 0.152. The summed E-state index contributed by atoms with van der Waals surface area (Å²) in [5.41, 5.74) is 1.14. The van der Waals surface area contributed by atoms with Crippen molar-refractivity contribution in [3.8, 4) is 11.5 Å².